The fraction of sp³-hybridized carbons (Fsp3) is 0.118. The number of benzene rings is 1. The zero-order valence-corrected chi connectivity index (χ0v) is 13.3. The van der Waals surface area contributed by atoms with Gasteiger partial charge in [0.25, 0.3) is 5.91 Å². The van der Waals surface area contributed by atoms with Crippen LogP contribution in [-0.4, -0.2) is 33.3 Å². The van der Waals surface area contributed by atoms with E-state index >= 15 is 0 Å². The van der Waals surface area contributed by atoms with Crippen LogP contribution < -0.4 is 5.32 Å². The van der Waals surface area contributed by atoms with Gasteiger partial charge in [-0.1, -0.05) is 0 Å². The number of hydrogen-bond acceptors (Lipinski definition) is 4. The predicted molar refractivity (Wildman–Crippen MR) is 88.3 cm³/mol. The summed E-state index contributed by atoms with van der Waals surface area (Å²) in [6.07, 6.45) is 5.21. The Morgan fingerprint density at radius 1 is 1.12 bits per heavy atom. The van der Waals surface area contributed by atoms with Gasteiger partial charge in [-0.3, -0.25) is 9.48 Å². The molecule has 0 aliphatic rings. The second kappa shape index (κ2) is 6.41. The Hall–Kier alpha value is -3.35. The summed E-state index contributed by atoms with van der Waals surface area (Å²) in [4.78, 5) is 24.0. The average Bonchev–Trinajstić information content (AvgIpc) is 3.23. The van der Waals surface area contributed by atoms with Gasteiger partial charge in [-0.2, -0.15) is 5.10 Å². The maximum atomic E-state index is 12.5. The number of aryl methyl sites for hydroxylation is 1. The minimum Gasteiger partial charge on any atom is -0.465 e. The zero-order chi connectivity index (χ0) is 17.1. The maximum Gasteiger partial charge on any atom is 0.337 e. The highest BCUT2D eigenvalue weighted by Crippen LogP contribution is 2.17. The van der Waals surface area contributed by atoms with Crippen LogP contribution in [0.3, 0.4) is 0 Å². The van der Waals surface area contributed by atoms with Gasteiger partial charge in [-0.25, -0.2) is 4.79 Å². The number of amides is 1. The lowest BCUT2D eigenvalue weighted by molar-refractivity contribution is 0.0600. The van der Waals surface area contributed by atoms with Gasteiger partial charge in [-0.15, -0.1) is 0 Å². The first-order valence-electron chi connectivity index (χ1n) is 7.25. The third-order valence-corrected chi connectivity index (χ3v) is 3.56. The lowest BCUT2D eigenvalue weighted by atomic mass is 10.2. The van der Waals surface area contributed by atoms with E-state index in [0.29, 0.717) is 22.6 Å². The minimum absolute atomic E-state index is 0.280. The molecule has 7 heteroatoms. The van der Waals surface area contributed by atoms with E-state index in [0.717, 1.165) is 0 Å². The molecule has 1 aromatic carbocycles. The lowest BCUT2D eigenvalue weighted by Gasteiger charge is -2.09. The van der Waals surface area contributed by atoms with Gasteiger partial charge < -0.3 is 14.6 Å². The Morgan fingerprint density at radius 3 is 2.42 bits per heavy atom. The molecule has 0 radical (unpaired) electrons. The molecular weight excluding hydrogens is 308 g/mol. The summed E-state index contributed by atoms with van der Waals surface area (Å²) in [6, 6.07) is 10.2. The molecule has 7 nitrogen and oxygen atoms in total. The second-order valence-electron chi connectivity index (χ2n) is 5.12. The van der Waals surface area contributed by atoms with Crippen molar-refractivity contribution in [2.45, 2.75) is 0 Å². The molecular formula is C17H16N4O3. The first kappa shape index (κ1) is 15.5. The normalized spacial score (nSPS) is 10.4. The van der Waals surface area contributed by atoms with Crippen molar-refractivity contribution in [2.75, 3.05) is 12.4 Å². The average molecular weight is 324 g/mol. The van der Waals surface area contributed by atoms with Crippen molar-refractivity contribution in [1.82, 2.24) is 14.3 Å². The summed E-state index contributed by atoms with van der Waals surface area (Å²) in [5.74, 6) is -0.0312. The summed E-state index contributed by atoms with van der Waals surface area (Å²) in [6.45, 7) is 0. The number of methoxy groups -OCH3 is 1. The summed E-state index contributed by atoms with van der Waals surface area (Å²) in [5.41, 5.74) is 1.45. The number of carbonyl (C=O) groups excluding carboxylic acids is 2. The van der Waals surface area contributed by atoms with Gasteiger partial charge in [0.05, 0.1) is 18.9 Å². The van der Waals surface area contributed by atoms with Crippen LogP contribution in [0.2, 0.25) is 0 Å². The number of rotatable bonds is 4. The Labute approximate surface area is 138 Å². The largest absolute Gasteiger partial charge is 0.465 e. The van der Waals surface area contributed by atoms with Crippen molar-refractivity contribution in [1.29, 1.82) is 0 Å². The fourth-order valence-electron chi connectivity index (χ4n) is 2.38. The van der Waals surface area contributed by atoms with E-state index < -0.39 is 5.97 Å². The summed E-state index contributed by atoms with van der Waals surface area (Å²) in [5, 5.41) is 6.96. The van der Waals surface area contributed by atoms with Gasteiger partial charge in [0.2, 0.25) is 0 Å². The maximum absolute atomic E-state index is 12.5. The Kier molecular flexibility index (Phi) is 4.15. The van der Waals surface area contributed by atoms with Crippen molar-refractivity contribution >= 4 is 17.6 Å². The van der Waals surface area contributed by atoms with Crippen molar-refractivity contribution < 1.29 is 14.3 Å². The first-order chi connectivity index (χ1) is 11.6. The molecule has 0 atom stereocenters. The van der Waals surface area contributed by atoms with Gasteiger partial charge >= 0.3 is 5.97 Å². The molecule has 3 aromatic rings. The van der Waals surface area contributed by atoms with Crippen molar-refractivity contribution in [2.24, 2.45) is 7.05 Å². The standard InChI is InChI=1S/C17H16N4O3/c1-20-16(21-9-3-4-10-21)14(11-18-20)15(22)19-13-7-5-12(6-8-13)17(23)24-2/h3-11H,1-2H3,(H,19,22). The molecule has 0 bridgehead atoms. The number of aromatic nitrogens is 3. The van der Waals surface area contributed by atoms with E-state index in [1.165, 1.54) is 13.3 Å². The van der Waals surface area contributed by atoms with Crippen molar-refractivity contribution in [3.05, 3.63) is 66.1 Å². The number of ether oxygens (including phenoxy) is 1. The SMILES string of the molecule is COC(=O)c1ccc(NC(=O)c2cnn(C)c2-n2cccc2)cc1. The van der Waals surface area contributed by atoms with Gasteiger partial charge in [0.1, 0.15) is 11.4 Å². The van der Waals surface area contributed by atoms with Gasteiger partial charge in [0, 0.05) is 25.1 Å². The van der Waals surface area contributed by atoms with E-state index in [1.54, 1.807) is 36.0 Å². The molecule has 3 rings (SSSR count). The molecule has 0 saturated carbocycles. The molecule has 0 aliphatic heterocycles. The lowest BCUT2D eigenvalue weighted by Crippen LogP contribution is -2.15. The van der Waals surface area contributed by atoms with Crippen LogP contribution in [0, 0.1) is 0 Å². The number of nitrogens with zero attached hydrogens (tertiary/aromatic N) is 3. The van der Waals surface area contributed by atoms with Gasteiger partial charge in [-0.05, 0) is 36.4 Å². The van der Waals surface area contributed by atoms with Crippen LogP contribution in [0.1, 0.15) is 20.7 Å². The van der Waals surface area contributed by atoms with Crippen LogP contribution in [-0.2, 0) is 11.8 Å². The Bertz CT molecular complexity index is 864. The molecule has 0 fully saturated rings. The zero-order valence-electron chi connectivity index (χ0n) is 13.3. The highest BCUT2D eigenvalue weighted by atomic mass is 16.5. The van der Waals surface area contributed by atoms with E-state index in [9.17, 15) is 9.59 Å². The molecule has 1 N–H and O–H groups in total. The van der Waals surface area contributed by atoms with E-state index in [-0.39, 0.29) is 5.91 Å². The highest BCUT2D eigenvalue weighted by Gasteiger charge is 2.17. The van der Waals surface area contributed by atoms with Crippen LogP contribution in [0.15, 0.2) is 55.0 Å². The van der Waals surface area contributed by atoms with Crippen LogP contribution in [0.25, 0.3) is 5.82 Å². The number of carbonyl (C=O) groups is 2. The van der Waals surface area contributed by atoms with Crippen molar-refractivity contribution in [3.8, 4) is 5.82 Å². The molecule has 2 aromatic heterocycles. The van der Waals surface area contributed by atoms with E-state index in [1.807, 2.05) is 29.1 Å². The Balaban J connectivity index is 1.82. The molecule has 0 unspecified atom stereocenters. The molecule has 122 valence electrons. The first-order valence-corrected chi connectivity index (χ1v) is 7.25. The summed E-state index contributed by atoms with van der Waals surface area (Å²) >= 11 is 0. The molecule has 0 spiro atoms. The van der Waals surface area contributed by atoms with E-state index in [2.05, 4.69) is 15.2 Å². The molecule has 0 aliphatic carbocycles. The second-order valence-corrected chi connectivity index (χ2v) is 5.12. The van der Waals surface area contributed by atoms with Crippen LogP contribution >= 0.6 is 0 Å². The number of hydrogen-bond donors (Lipinski definition) is 1. The minimum atomic E-state index is -0.421. The third-order valence-electron chi connectivity index (χ3n) is 3.56. The third kappa shape index (κ3) is 2.91. The Morgan fingerprint density at radius 2 is 1.79 bits per heavy atom. The number of esters is 1. The molecule has 1 amide bonds. The quantitative estimate of drug-likeness (QED) is 0.747. The fourth-order valence-corrected chi connectivity index (χ4v) is 2.38. The van der Waals surface area contributed by atoms with Gasteiger partial charge in [0.15, 0.2) is 0 Å². The molecule has 2 heterocycles. The van der Waals surface area contributed by atoms with Crippen molar-refractivity contribution in [3.63, 3.8) is 0 Å². The number of anilines is 1. The molecule has 0 saturated heterocycles. The topological polar surface area (TPSA) is 78.2 Å². The summed E-state index contributed by atoms with van der Waals surface area (Å²) < 4.78 is 8.10. The predicted octanol–water partition coefficient (Wildman–Crippen LogP) is 2.25. The van der Waals surface area contributed by atoms with E-state index in [4.69, 9.17) is 0 Å². The van der Waals surface area contributed by atoms with Crippen LogP contribution in [0.4, 0.5) is 5.69 Å². The highest BCUT2D eigenvalue weighted by molar-refractivity contribution is 6.06. The monoisotopic (exact) mass is 324 g/mol. The smallest absolute Gasteiger partial charge is 0.337 e. The number of nitrogens with one attached hydrogen (secondary N) is 1. The summed E-state index contributed by atoms with van der Waals surface area (Å²) in [7, 11) is 3.10. The molecule has 24 heavy (non-hydrogen) atoms. The van der Waals surface area contributed by atoms with Crippen LogP contribution in [0.5, 0.6) is 0 Å².